The maximum Gasteiger partial charge on any atom is 0.264 e. The Hall–Kier alpha value is -4.28. The van der Waals surface area contributed by atoms with E-state index in [-0.39, 0.29) is 23.1 Å². The lowest BCUT2D eigenvalue weighted by Crippen LogP contribution is -2.64. The molecule has 2 saturated carbocycles. The van der Waals surface area contributed by atoms with Gasteiger partial charge in [-0.3, -0.25) is 0 Å². The van der Waals surface area contributed by atoms with Crippen molar-refractivity contribution in [3.8, 4) is 11.1 Å². The third-order valence-corrected chi connectivity index (χ3v) is 16.3. The highest BCUT2D eigenvalue weighted by Crippen LogP contribution is 2.63. The van der Waals surface area contributed by atoms with E-state index in [0.717, 1.165) is 0 Å². The van der Waals surface area contributed by atoms with Crippen LogP contribution in [0.15, 0.2) is 97.1 Å². The summed E-state index contributed by atoms with van der Waals surface area (Å²) in [6.45, 7) is 10.4. The van der Waals surface area contributed by atoms with Crippen LogP contribution in [-0.4, -0.2) is 12.3 Å². The summed E-state index contributed by atoms with van der Waals surface area (Å²) < 4.78 is 2.93. The normalized spacial score (nSPS) is 24.4. The van der Waals surface area contributed by atoms with Crippen LogP contribution < -0.4 is 25.5 Å². The minimum absolute atomic E-state index is 0.0470. The molecule has 52 heavy (non-hydrogen) atoms. The molecule has 2 atom stereocenters. The van der Waals surface area contributed by atoms with Crippen LogP contribution in [0, 0.1) is 0 Å². The minimum Gasteiger partial charge on any atom is -0.335 e. The molecular weight excluding hydrogens is 647 g/mol. The number of hydrogen-bond acceptors (Lipinski definition) is 3. The molecule has 2 fully saturated rings. The maximum atomic E-state index is 2.92. The van der Waals surface area contributed by atoms with Crippen LogP contribution in [0.4, 0.5) is 28.4 Å². The lowest BCUT2D eigenvalue weighted by Gasteiger charge is -2.52. The van der Waals surface area contributed by atoms with Crippen molar-refractivity contribution in [2.24, 2.45) is 0 Å². The van der Waals surface area contributed by atoms with E-state index in [9.17, 15) is 0 Å². The highest BCUT2D eigenvalue weighted by Gasteiger charge is 2.61. The number of para-hydroxylation sites is 2. The molecule has 2 nitrogen and oxygen atoms in total. The molecule has 0 amide bonds. The molecule has 4 heteroatoms. The number of fused-ring (bicyclic) bond motifs is 13. The van der Waals surface area contributed by atoms with E-state index in [1.165, 1.54) is 128 Å². The summed E-state index contributed by atoms with van der Waals surface area (Å²) in [5.41, 5.74) is 19.2. The van der Waals surface area contributed by atoms with Gasteiger partial charge in [0.15, 0.2) is 0 Å². The van der Waals surface area contributed by atoms with E-state index >= 15 is 0 Å². The number of rotatable bonds is 2. The van der Waals surface area contributed by atoms with Crippen molar-refractivity contribution in [2.75, 3.05) is 9.80 Å². The summed E-state index contributed by atoms with van der Waals surface area (Å²) in [6.07, 6.45) is 10.4. The summed E-state index contributed by atoms with van der Waals surface area (Å²) in [5, 5.41) is 1.46. The lowest BCUT2D eigenvalue weighted by atomic mass is 9.36. The predicted octanol–water partition coefficient (Wildman–Crippen LogP) is 11.2. The zero-order chi connectivity index (χ0) is 34.7. The van der Waals surface area contributed by atoms with E-state index in [4.69, 9.17) is 0 Å². The van der Waals surface area contributed by atoms with E-state index in [1.807, 2.05) is 0 Å². The molecular formula is C48H45BN2S. The number of anilines is 5. The zero-order valence-electron chi connectivity index (χ0n) is 30.9. The fourth-order valence-corrected chi connectivity index (χ4v) is 13.8. The van der Waals surface area contributed by atoms with Crippen molar-refractivity contribution in [3.05, 3.63) is 119 Å². The highest BCUT2D eigenvalue weighted by atomic mass is 32.1. The molecule has 3 aliphatic carbocycles. The van der Waals surface area contributed by atoms with Gasteiger partial charge < -0.3 is 9.80 Å². The molecule has 256 valence electrons. The summed E-state index contributed by atoms with van der Waals surface area (Å²) in [4.78, 5) is 5.65. The maximum absolute atomic E-state index is 2.92. The molecule has 0 radical (unpaired) electrons. The fraction of sp³-hybridized carbons (Fsp3) is 0.333. The van der Waals surface area contributed by atoms with Gasteiger partial charge in [0.2, 0.25) is 0 Å². The average molecular weight is 693 g/mol. The van der Waals surface area contributed by atoms with E-state index in [0.29, 0.717) is 5.92 Å². The van der Waals surface area contributed by atoms with Gasteiger partial charge in [0, 0.05) is 48.4 Å². The summed E-state index contributed by atoms with van der Waals surface area (Å²) in [7, 11) is 0. The number of benzene rings is 5. The van der Waals surface area contributed by atoms with Gasteiger partial charge >= 0.3 is 0 Å². The third kappa shape index (κ3) is 3.45. The van der Waals surface area contributed by atoms with Gasteiger partial charge in [-0.1, -0.05) is 113 Å². The van der Waals surface area contributed by atoms with Gasteiger partial charge in [-0.2, -0.15) is 0 Å². The van der Waals surface area contributed by atoms with Crippen molar-refractivity contribution >= 4 is 72.3 Å². The first-order chi connectivity index (χ1) is 25.3. The molecule has 0 N–H and O–H groups in total. The third-order valence-electron chi connectivity index (χ3n) is 15.1. The predicted molar refractivity (Wildman–Crippen MR) is 223 cm³/mol. The van der Waals surface area contributed by atoms with Crippen LogP contribution in [0.2, 0.25) is 0 Å². The molecule has 2 unspecified atom stereocenters. The van der Waals surface area contributed by atoms with Crippen LogP contribution in [0.3, 0.4) is 0 Å². The van der Waals surface area contributed by atoms with Crippen LogP contribution in [0.25, 0.3) is 21.2 Å². The van der Waals surface area contributed by atoms with Crippen LogP contribution in [-0.2, 0) is 10.8 Å². The molecule has 5 aromatic carbocycles. The molecule has 12 rings (SSSR count). The Labute approximate surface area is 312 Å². The zero-order valence-corrected chi connectivity index (χ0v) is 31.7. The quantitative estimate of drug-likeness (QED) is 0.166. The smallest absolute Gasteiger partial charge is 0.264 e. The SMILES string of the molecule is CC1(C)c2ccccc2-c2ccc3sc4c(c3c21)N(c1ccccc1)c1cc(C2CCCC2)cc2c1B4c1cccc3c1N2C1(C)CCCCC31C. The fourth-order valence-electron chi connectivity index (χ4n) is 12.5. The monoisotopic (exact) mass is 692 g/mol. The first-order valence-electron chi connectivity index (χ1n) is 20.0. The van der Waals surface area contributed by atoms with Crippen molar-refractivity contribution in [1.29, 1.82) is 0 Å². The summed E-state index contributed by atoms with van der Waals surface area (Å²) in [6, 6.07) is 38.2. The van der Waals surface area contributed by atoms with Crippen molar-refractivity contribution < 1.29 is 0 Å². The molecule has 6 aromatic rings. The van der Waals surface area contributed by atoms with Crippen molar-refractivity contribution in [1.82, 2.24) is 0 Å². The first kappa shape index (κ1) is 30.2. The summed E-state index contributed by atoms with van der Waals surface area (Å²) in [5.74, 6) is 0.626. The topological polar surface area (TPSA) is 6.48 Å². The lowest BCUT2D eigenvalue weighted by molar-refractivity contribution is 0.195. The van der Waals surface area contributed by atoms with Crippen molar-refractivity contribution in [2.45, 2.75) is 101 Å². The highest BCUT2D eigenvalue weighted by molar-refractivity contribution is 7.33. The Balaban J connectivity index is 1.24. The second kappa shape index (κ2) is 10.0. The minimum atomic E-state index is -0.101. The molecule has 0 spiro atoms. The second-order valence-electron chi connectivity index (χ2n) is 17.8. The van der Waals surface area contributed by atoms with Crippen LogP contribution in [0.5, 0.6) is 0 Å². The number of thiophene rings is 1. The Morgan fingerprint density at radius 1 is 0.692 bits per heavy atom. The van der Waals surface area contributed by atoms with Gasteiger partial charge in [-0.25, -0.2) is 0 Å². The number of nitrogens with zero attached hydrogens (tertiary/aromatic N) is 2. The Morgan fingerprint density at radius 2 is 1.44 bits per heavy atom. The molecule has 4 heterocycles. The van der Waals surface area contributed by atoms with Gasteiger partial charge in [0.05, 0.1) is 11.2 Å². The van der Waals surface area contributed by atoms with Gasteiger partial charge in [0.25, 0.3) is 6.71 Å². The summed E-state index contributed by atoms with van der Waals surface area (Å²) >= 11 is 2.07. The van der Waals surface area contributed by atoms with E-state index < -0.39 is 0 Å². The number of hydrogen-bond donors (Lipinski definition) is 0. The Kier molecular flexibility index (Phi) is 5.82. The van der Waals surface area contributed by atoms with Crippen LogP contribution >= 0.6 is 11.3 Å². The van der Waals surface area contributed by atoms with E-state index in [1.54, 1.807) is 11.1 Å². The Morgan fingerprint density at radius 3 is 2.29 bits per heavy atom. The van der Waals surface area contributed by atoms with Crippen LogP contribution in [0.1, 0.15) is 107 Å². The molecule has 1 aromatic heterocycles. The molecule has 0 bridgehead atoms. The largest absolute Gasteiger partial charge is 0.335 e. The first-order valence-corrected chi connectivity index (χ1v) is 20.8. The Bertz CT molecular complexity index is 2520. The molecule has 3 aliphatic heterocycles. The average Bonchev–Trinajstić information content (AvgIpc) is 3.93. The molecule has 6 aliphatic rings. The van der Waals surface area contributed by atoms with Gasteiger partial charge in [0.1, 0.15) is 0 Å². The van der Waals surface area contributed by atoms with Crippen molar-refractivity contribution in [3.63, 3.8) is 0 Å². The van der Waals surface area contributed by atoms with E-state index in [2.05, 4.69) is 146 Å². The van der Waals surface area contributed by atoms with Gasteiger partial charge in [-0.05, 0) is 113 Å². The standard InChI is InChI=1S/C48H45BN2S/c1-46(2)34-20-11-10-19-32(34)33-23-24-39-40(41(33)46)44-45(52-39)49-36-22-14-21-35-43(36)51(48(4)26-13-12-25-47(35,48)3)38-28-30(29-15-8-9-16-29)27-37(42(38)49)50(44)31-17-6-5-7-18-31/h5-7,10-11,14,17-24,27-29H,8-9,12-13,15-16,25-26H2,1-4H3. The molecule has 0 saturated heterocycles. The second-order valence-corrected chi connectivity index (χ2v) is 18.9. The van der Waals surface area contributed by atoms with Gasteiger partial charge in [-0.15, -0.1) is 11.3 Å².